The number of hydrogen-bond donors (Lipinski definition) is 2. The summed E-state index contributed by atoms with van der Waals surface area (Å²) in [7, 11) is 0. The van der Waals surface area contributed by atoms with Crippen LogP contribution in [-0.2, 0) is 17.8 Å². The van der Waals surface area contributed by atoms with Crippen LogP contribution < -0.4 is 10.6 Å². The molecular formula is C13H17ClN6O. The Bertz CT molecular complexity index is 588. The van der Waals surface area contributed by atoms with E-state index in [-0.39, 0.29) is 30.9 Å². The molecule has 0 saturated carbocycles. The molecule has 8 heteroatoms. The van der Waals surface area contributed by atoms with Gasteiger partial charge in [0.25, 0.3) is 0 Å². The third-order valence-corrected chi connectivity index (χ3v) is 3.42. The van der Waals surface area contributed by atoms with Gasteiger partial charge in [-0.1, -0.05) is 24.3 Å². The first-order valence-corrected chi connectivity index (χ1v) is 6.61. The van der Waals surface area contributed by atoms with Crippen molar-refractivity contribution in [2.75, 3.05) is 13.1 Å². The highest BCUT2D eigenvalue weighted by Crippen LogP contribution is 2.21. The first kappa shape index (κ1) is 15.4. The Morgan fingerprint density at radius 3 is 3.10 bits per heavy atom. The number of halogens is 1. The zero-order valence-corrected chi connectivity index (χ0v) is 12.2. The predicted octanol–water partition coefficient (Wildman–Crippen LogP) is 0.0981. The van der Waals surface area contributed by atoms with Gasteiger partial charge in [0.1, 0.15) is 12.9 Å². The number of rotatable bonds is 4. The fraction of sp³-hybridized carbons (Fsp3) is 0.385. The van der Waals surface area contributed by atoms with Crippen molar-refractivity contribution < 1.29 is 4.79 Å². The molecule has 1 aromatic carbocycles. The number of nitrogens with zero attached hydrogens (tertiary/aromatic N) is 4. The van der Waals surface area contributed by atoms with Gasteiger partial charge in [-0.2, -0.15) is 0 Å². The Morgan fingerprint density at radius 2 is 2.29 bits per heavy atom. The molecule has 7 nitrogen and oxygen atoms in total. The fourth-order valence-electron chi connectivity index (χ4n) is 2.45. The lowest BCUT2D eigenvalue weighted by Gasteiger charge is -2.27. The second-order valence-corrected chi connectivity index (χ2v) is 4.77. The van der Waals surface area contributed by atoms with Gasteiger partial charge >= 0.3 is 0 Å². The molecular weight excluding hydrogens is 292 g/mol. The standard InChI is InChI=1S/C13H16N6O.ClH/c20-13(8-19-9-16-17-18-19)15-7-12-11-4-2-1-3-10(11)5-6-14-12;/h1-4,9,12,14H,5-8H2,(H,15,20);1H. The van der Waals surface area contributed by atoms with Gasteiger partial charge in [-0.3, -0.25) is 4.79 Å². The molecule has 1 amide bonds. The smallest absolute Gasteiger partial charge is 0.241 e. The van der Waals surface area contributed by atoms with E-state index < -0.39 is 0 Å². The van der Waals surface area contributed by atoms with Crippen molar-refractivity contribution in [1.82, 2.24) is 30.8 Å². The number of carbonyl (C=O) groups excluding carboxylic acids is 1. The molecule has 0 aliphatic carbocycles. The van der Waals surface area contributed by atoms with E-state index in [1.807, 2.05) is 6.07 Å². The third-order valence-electron chi connectivity index (χ3n) is 3.42. The van der Waals surface area contributed by atoms with E-state index >= 15 is 0 Å². The van der Waals surface area contributed by atoms with Crippen molar-refractivity contribution >= 4 is 18.3 Å². The van der Waals surface area contributed by atoms with E-state index in [0.717, 1.165) is 13.0 Å². The number of carbonyl (C=O) groups is 1. The van der Waals surface area contributed by atoms with Crippen LogP contribution >= 0.6 is 12.4 Å². The highest BCUT2D eigenvalue weighted by Gasteiger charge is 2.19. The van der Waals surface area contributed by atoms with E-state index in [1.165, 1.54) is 22.1 Å². The molecule has 1 aliphatic heterocycles. The summed E-state index contributed by atoms with van der Waals surface area (Å²) in [5, 5.41) is 17.0. The minimum absolute atomic E-state index is 0. The van der Waals surface area contributed by atoms with E-state index in [9.17, 15) is 4.79 Å². The highest BCUT2D eigenvalue weighted by molar-refractivity contribution is 5.85. The van der Waals surface area contributed by atoms with Crippen molar-refractivity contribution in [3.8, 4) is 0 Å². The van der Waals surface area contributed by atoms with Crippen LogP contribution in [0.4, 0.5) is 0 Å². The van der Waals surface area contributed by atoms with Crippen LogP contribution in [0.25, 0.3) is 0 Å². The average molecular weight is 309 g/mol. The van der Waals surface area contributed by atoms with Gasteiger partial charge in [0, 0.05) is 12.6 Å². The zero-order valence-electron chi connectivity index (χ0n) is 11.4. The van der Waals surface area contributed by atoms with Crippen LogP contribution in [0.3, 0.4) is 0 Å². The van der Waals surface area contributed by atoms with Crippen molar-refractivity contribution in [3.05, 3.63) is 41.7 Å². The number of hydrogen-bond acceptors (Lipinski definition) is 5. The molecule has 21 heavy (non-hydrogen) atoms. The summed E-state index contributed by atoms with van der Waals surface area (Å²) < 4.78 is 1.40. The first-order chi connectivity index (χ1) is 9.83. The first-order valence-electron chi connectivity index (χ1n) is 6.61. The van der Waals surface area contributed by atoms with Gasteiger partial charge in [-0.15, -0.1) is 17.5 Å². The molecule has 3 rings (SSSR count). The van der Waals surface area contributed by atoms with Crippen LogP contribution in [0.1, 0.15) is 17.2 Å². The maximum absolute atomic E-state index is 11.8. The van der Waals surface area contributed by atoms with E-state index in [2.05, 4.69) is 44.4 Å². The number of aromatic nitrogens is 4. The average Bonchev–Trinajstić information content (AvgIpc) is 2.98. The van der Waals surface area contributed by atoms with Gasteiger partial charge in [0.2, 0.25) is 5.91 Å². The molecule has 1 aliphatic rings. The summed E-state index contributed by atoms with van der Waals surface area (Å²) in [5.74, 6) is -0.0952. The minimum Gasteiger partial charge on any atom is -0.353 e. The molecule has 0 spiro atoms. The maximum atomic E-state index is 11.8. The lowest BCUT2D eigenvalue weighted by molar-refractivity contribution is -0.122. The van der Waals surface area contributed by atoms with Gasteiger partial charge in [0.15, 0.2) is 0 Å². The highest BCUT2D eigenvalue weighted by atomic mass is 35.5. The quantitative estimate of drug-likeness (QED) is 0.837. The van der Waals surface area contributed by atoms with Crippen LogP contribution in [0.5, 0.6) is 0 Å². The summed E-state index contributed by atoms with van der Waals surface area (Å²) >= 11 is 0. The molecule has 0 bridgehead atoms. The van der Waals surface area contributed by atoms with Crippen molar-refractivity contribution in [3.63, 3.8) is 0 Å². The number of nitrogens with one attached hydrogen (secondary N) is 2. The Labute approximate surface area is 128 Å². The summed E-state index contributed by atoms with van der Waals surface area (Å²) in [6, 6.07) is 8.50. The maximum Gasteiger partial charge on any atom is 0.241 e. The van der Waals surface area contributed by atoms with Crippen molar-refractivity contribution in [1.29, 1.82) is 0 Å². The fourth-order valence-corrected chi connectivity index (χ4v) is 2.45. The second kappa shape index (κ2) is 7.14. The molecule has 1 atom stereocenters. The monoisotopic (exact) mass is 308 g/mol. The zero-order chi connectivity index (χ0) is 13.8. The number of fused-ring (bicyclic) bond motifs is 1. The molecule has 2 heterocycles. The lowest BCUT2D eigenvalue weighted by Crippen LogP contribution is -2.39. The van der Waals surface area contributed by atoms with Crippen LogP contribution in [-0.4, -0.2) is 39.2 Å². The molecule has 2 N–H and O–H groups in total. The lowest BCUT2D eigenvalue weighted by atomic mass is 9.94. The molecule has 0 radical (unpaired) electrons. The van der Waals surface area contributed by atoms with Crippen molar-refractivity contribution in [2.24, 2.45) is 0 Å². The Kier molecular flexibility index (Phi) is 5.24. The Hall–Kier alpha value is -1.99. The minimum atomic E-state index is -0.0952. The third kappa shape index (κ3) is 3.77. The van der Waals surface area contributed by atoms with E-state index in [1.54, 1.807) is 0 Å². The number of benzene rings is 1. The van der Waals surface area contributed by atoms with Gasteiger partial charge in [-0.25, -0.2) is 4.68 Å². The van der Waals surface area contributed by atoms with Gasteiger partial charge in [0.05, 0.1) is 0 Å². The summed E-state index contributed by atoms with van der Waals surface area (Å²) in [6.07, 6.45) is 2.46. The molecule has 1 aromatic heterocycles. The van der Waals surface area contributed by atoms with E-state index in [0.29, 0.717) is 6.54 Å². The van der Waals surface area contributed by atoms with Crippen LogP contribution in [0.2, 0.25) is 0 Å². The summed E-state index contributed by atoms with van der Waals surface area (Å²) in [4.78, 5) is 11.8. The van der Waals surface area contributed by atoms with Gasteiger partial charge < -0.3 is 10.6 Å². The SMILES string of the molecule is Cl.O=C(Cn1cnnn1)NCC1NCCc2ccccc21. The second-order valence-electron chi connectivity index (χ2n) is 4.77. The summed E-state index contributed by atoms with van der Waals surface area (Å²) in [5.41, 5.74) is 2.62. The summed E-state index contributed by atoms with van der Waals surface area (Å²) in [6.45, 7) is 1.64. The van der Waals surface area contributed by atoms with Crippen LogP contribution in [0.15, 0.2) is 30.6 Å². The molecule has 112 valence electrons. The van der Waals surface area contributed by atoms with E-state index in [4.69, 9.17) is 0 Å². The molecule has 2 aromatic rings. The normalized spacial score (nSPS) is 16.7. The molecule has 0 saturated heterocycles. The topological polar surface area (TPSA) is 84.7 Å². The Morgan fingerprint density at radius 1 is 1.43 bits per heavy atom. The van der Waals surface area contributed by atoms with Crippen LogP contribution in [0, 0.1) is 0 Å². The van der Waals surface area contributed by atoms with Gasteiger partial charge in [-0.05, 0) is 34.5 Å². The van der Waals surface area contributed by atoms with Crippen molar-refractivity contribution in [2.45, 2.75) is 19.0 Å². The molecule has 1 unspecified atom stereocenters. The Balaban J connectivity index is 0.00000161. The predicted molar refractivity (Wildman–Crippen MR) is 79.0 cm³/mol. The number of tetrazole rings is 1. The molecule has 0 fully saturated rings. The largest absolute Gasteiger partial charge is 0.353 e. The number of amides is 1.